The number of rotatable bonds is 5. The third-order valence-electron chi connectivity index (χ3n) is 3.45. The topological polar surface area (TPSA) is 83.9 Å². The molecule has 0 unspecified atom stereocenters. The number of aryl methyl sites for hydroxylation is 1. The minimum atomic E-state index is -3.47. The second kappa shape index (κ2) is 6.44. The van der Waals surface area contributed by atoms with E-state index in [1.165, 1.54) is 22.5 Å². The molecule has 1 heterocycles. The summed E-state index contributed by atoms with van der Waals surface area (Å²) in [5.74, 6) is -0.686. The van der Waals surface area contributed by atoms with Crippen molar-refractivity contribution < 1.29 is 23.1 Å². The van der Waals surface area contributed by atoms with Gasteiger partial charge in [-0.1, -0.05) is 6.42 Å². The van der Waals surface area contributed by atoms with Crippen LogP contribution in [0.3, 0.4) is 0 Å². The fourth-order valence-electron chi connectivity index (χ4n) is 2.34. The standard InChI is InChI=1S/C14H19NO5S/c1-11-9-12(5-6-13(11)20-10-14(16)17)21(18,19)15-7-3-2-4-8-15/h5-6,9H,2-4,7-8,10H2,1H3,(H,16,17). The van der Waals surface area contributed by atoms with Gasteiger partial charge in [0.15, 0.2) is 6.61 Å². The van der Waals surface area contributed by atoms with Crippen molar-refractivity contribution in [1.82, 2.24) is 4.31 Å². The molecule has 1 fully saturated rings. The average Bonchev–Trinajstić information content (AvgIpc) is 2.46. The van der Waals surface area contributed by atoms with E-state index in [1.54, 1.807) is 6.92 Å². The highest BCUT2D eigenvalue weighted by Crippen LogP contribution is 2.25. The number of piperidine rings is 1. The lowest BCUT2D eigenvalue weighted by molar-refractivity contribution is -0.139. The largest absolute Gasteiger partial charge is 0.482 e. The fraction of sp³-hybridized carbons (Fsp3) is 0.500. The molecule has 0 aliphatic carbocycles. The third-order valence-corrected chi connectivity index (χ3v) is 5.34. The highest BCUT2D eigenvalue weighted by molar-refractivity contribution is 7.89. The summed E-state index contributed by atoms with van der Waals surface area (Å²) in [5, 5.41) is 8.59. The molecule has 116 valence electrons. The van der Waals surface area contributed by atoms with E-state index in [0.717, 1.165) is 19.3 Å². The van der Waals surface area contributed by atoms with Gasteiger partial charge in [-0.3, -0.25) is 0 Å². The number of carboxylic acids is 1. The van der Waals surface area contributed by atoms with Gasteiger partial charge in [-0.25, -0.2) is 13.2 Å². The number of sulfonamides is 1. The van der Waals surface area contributed by atoms with Crippen LogP contribution >= 0.6 is 0 Å². The van der Waals surface area contributed by atoms with E-state index in [4.69, 9.17) is 9.84 Å². The molecule has 0 radical (unpaired) electrons. The Balaban J connectivity index is 2.20. The van der Waals surface area contributed by atoms with Gasteiger partial charge < -0.3 is 9.84 Å². The van der Waals surface area contributed by atoms with Crippen molar-refractivity contribution >= 4 is 16.0 Å². The number of ether oxygens (including phenoxy) is 1. The van der Waals surface area contributed by atoms with Gasteiger partial charge in [0, 0.05) is 13.1 Å². The molecule has 1 aromatic rings. The summed E-state index contributed by atoms with van der Waals surface area (Å²) in [6.45, 7) is 2.36. The first-order valence-corrected chi connectivity index (χ1v) is 8.30. The Morgan fingerprint density at radius 1 is 1.29 bits per heavy atom. The number of carbonyl (C=O) groups is 1. The van der Waals surface area contributed by atoms with Gasteiger partial charge in [0.25, 0.3) is 0 Å². The van der Waals surface area contributed by atoms with E-state index >= 15 is 0 Å². The predicted octanol–water partition coefficient (Wildman–Crippen LogP) is 1.63. The van der Waals surface area contributed by atoms with Crippen LogP contribution in [0.4, 0.5) is 0 Å². The van der Waals surface area contributed by atoms with Crippen molar-refractivity contribution in [3.8, 4) is 5.75 Å². The average molecular weight is 313 g/mol. The van der Waals surface area contributed by atoms with Crippen LogP contribution in [0.25, 0.3) is 0 Å². The molecule has 0 spiro atoms. The number of aliphatic carboxylic acids is 1. The molecule has 0 aromatic heterocycles. The summed E-state index contributed by atoms with van der Waals surface area (Å²) >= 11 is 0. The van der Waals surface area contributed by atoms with Gasteiger partial charge in [0.1, 0.15) is 5.75 Å². The van der Waals surface area contributed by atoms with Crippen molar-refractivity contribution in [2.24, 2.45) is 0 Å². The van der Waals surface area contributed by atoms with Crippen molar-refractivity contribution in [1.29, 1.82) is 0 Å². The van der Waals surface area contributed by atoms with Crippen LogP contribution < -0.4 is 4.74 Å². The number of benzene rings is 1. The van der Waals surface area contributed by atoms with Gasteiger partial charge >= 0.3 is 5.97 Å². The molecule has 6 nitrogen and oxygen atoms in total. The molecule has 1 aromatic carbocycles. The summed E-state index contributed by atoms with van der Waals surface area (Å²) in [5.41, 5.74) is 0.606. The van der Waals surface area contributed by atoms with E-state index < -0.39 is 22.6 Å². The Morgan fingerprint density at radius 2 is 1.95 bits per heavy atom. The van der Waals surface area contributed by atoms with Gasteiger partial charge in [-0.2, -0.15) is 4.31 Å². The van der Waals surface area contributed by atoms with Crippen molar-refractivity contribution in [2.45, 2.75) is 31.1 Å². The first kappa shape index (κ1) is 15.8. The van der Waals surface area contributed by atoms with Gasteiger partial charge in [0.2, 0.25) is 10.0 Å². The molecule has 0 bridgehead atoms. The second-order valence-corrected chi connectivity index (χ2v) is 7.01. The normalized spacial score (nSPS) is 16.6. The molecule has 1 aliphatic rings. The van der Waals surface area contributed by atoms with Crippen LogP contribution in [-0.4, -0.2) is 43.5 Å². The highest BCUT2D eigenvalue weighted by Gasteiger charge is 2.26. The SMILES string of the molecule is Cc1cc(S(=O)(=O)N2CCCCC2)ccc1OCC(=O)O. The van der Waals surface area contributed by atoms with E-state index in [9.17, 15) is 13.2 Å². The van der Waals surface area contributed by atoms with Gasteiger partial charge in [-0.15, -0.1) is 0 Å². The van der Waals surface area contributed by atoms with E-state index in [2.05, 4.69) is 0 Å². The van der Waals surface area contributed by atoms with Crippen molar-refractivity contribution in [2.75, 3.05) is 19.7 Å². The highest BCUT2D eigenvalue weighted by atomic mass is 32.2. The lowest BCUT2D eigenvalue weighted by atomic mass is 10.2. The molecule has 7 heteroatoms. The first-order chi connectivity index (χ1) is 9.91. The van der Waals surface area contributed by atoms with Crippen LogP contribution in [0.5, 0.6) is 5.75 Å². The van der Waals surface area contributed by atoms with Gasteiger partial charge in [-0.05, 0) is 43.5 Å². The zero-order valence-corrected chi connectivity index (χ0v) is 12.7. The molecule has 0 amide bonds. The first-order valence-electron chi connectivity index (χ1n) is 6.86. The maximum absolute atomic E-state index is 12.5. The number of hydrogen-bond donors (Lipinski definition) is 1. The monoisotopic (exact) mass is 313 g/mol. The van der Waals surface area contributed by atoms with Crippen molar-refractivity contribution in [3.05, 3.63) is 23.8 Å². The maximum atomic E-state index is 12.5. The summed E-state index contributed by atoms with van der Waals surface area (Å²) in [4.78, 5) is 10.7. The Hall–Kier alpha value is -1.60. The number of carboxylic acid groups (broad SMARTS) is 1. The zero-order chi connectivity index (χ0) is 15.5. The minimum Gasteiger partial charge on any atom is -0.482 e. The predicted molar refractivity (Wildman–Crippen MR) is 76.9 cm³/mol. The smallest absolute Gasteiger partial charge is 0.341 e. The summed E-state index contributed by atoms with van der Waals surface area (Å²) < 4.78 is 31.6. The minimum absolute atomic E-state index is 0.226. The summed E-state index contributed by atoms with van der Waals surface area (Å²) in [6.07, 6.45) is 2.84. The molecular weight excluding hydrogens is 294 g/mol. The molecule has 2 rings (SSSR count). The summed E-state index contributed by atoms with van der Waals surface area (Å²) in [7, 11) is -3.47. The molecule has 1 aliphatic heterocycles. The third kappa shape index (κ3) is 3.74. The number of nitrogens with zero attached hydrogens (tertiary/aromatic N) is 1. The van der Waals surface area contributed by atoms with Crippen LogP contribution in [-0.2, 0) is 14.8 Å². The van der Waals surface area contributed by atoms with Crippen LogP contribution in [0.1, 0.15) is 24.8 Å². The Labute approximate surface area is 124 Å². The zero-order valence-electron chi connectivity index (χ0n) is 11.9. The van der Waals surface area contributed by atoms with Crippen LogP contribution in [0, 0.1) is 6.92 Å². The fourth-order valence-corrected chi connectivity index (χ4v) is 3.94. The Bertz CT molecular complexity index is 620. The molecule has 21 heavy (non-hydrogen) atoms. The molecule has 0 atom stereocenters. The van der Waals surface area contributed by atoms with Crippen LogP contribution in [0.15, 0.2) is 23.1 Å². The summed E-state index contributed by atoms with van der Waals surface area (Å²) in [6, 6.07) is 4.50. The molecular formula is C14H19NO5S. The molecule has 1 N–H and O–H groups in total. The van der Waals surface area contributed by atoms with E-state index in [1.807, 2.05) is 0 Å². The van der Waals surface area contributed by atoms with Gasteiger partial charge in [0.05, 0.1) is 4.90 Å². The van der Waals surface area contributed by atoms with Crippen molar-refractivity contribution in [3.63, 3.8) is 0 Å². The number of hydrogen-bond acceptors (Lipinski definition) is 4. The van der Waals surface area contributed by atoms with E-state index in [0.29, 0.717) is 24.4 Å². The lowest BCUT2D eigenvalue weighted by Crippen LogP contribution is -2.35. The molecule has 0 saturated carbocycles. The second-order valence-electron chi connectivity index (χ2n) is 5.07. The maximum Gasteiger partial charge on any atom is 0.341 e. The van der Waals surface area contributed by atoms with Crippen LogP contribution in [0.2, 0.25) is 0 Å². The Kier molecular flexibility index (Phi) is 4.84. The quantitative estimate of drug-likeness (QED) is 0.893. The molecule has 1 saturated heterocycles. The van der Waals surface area contributed by atoms with E-state index in [-0.39, 0.29) is 4.90 Å². The Morgan fingerprint density at radius 3 is 2.52 bits per heavy atom. The lowest BCUT2D eigenvalue weighted by Gasteiger charge is -2.26.